The Morgan fingerprint density at radius 2 is 2.00 bits per heavy atom. The molecule has 1 fully saturated rings. The normalized spacial score (nSPS) is 14.1. The summed E-state index contributed by atoms with van der Waals surface area (Å²) >= 11 is 1.28. The Bertz CT molecular complexity index is 1410. The van der Waals surface area contributed by atoms with Crippen LogP contribution in [0, 0.1) is 0 Å². The van der Waals surface area contributed by atoms with E-state index in [0.29, 0.717) is 46.7 Å². The number of carbonyl (C=O) groups is 2. The van der Waals surface area contributed by atoms with Crippen LogP contribution in [0.15, 0.2) is 60.5 Å². The van der Waals surface area contributed by atoms with Crippen molar-refractivity contribution < 1.29 is 19.1 Å². The zero-order valence-corrected chi connectivity index (χ0v) is 20.5. The number of ether oxygens (including phenoxy) is 2. The van der Waals surface area contributed by atoms with Crippen LogP contribution >= 0.6 is 11.3 Å². The third kappa shape index (κ3) is 4.83. The molecule has 0 unspecified atom stereocenters. The highest BCUT2D eigenvalue weighted by Crippen LogP contribution is 2.30. The first-order valence-corrected chi connectivity index (χ1v) is 12.1. The minimum Gasteiger partial charge on any atom is -0.496 e. The van der Waals surface area contributed by atoms with Crippen LogP contribution in [-0.2, 0) is 15.1 Å². The molecule has 11 heteroatoms. The second-order valence-electron chi connectivity index (χ2n) is 8.55. The summed E-state index contributed by atoms with van der Waals surface area (Å²) in [5.74, 6) is -0.0185. The Morgan fingerprint density at radius 3 is 2.78 bits per heavy atom. The first kappa shape index (κ1) is 23.6. The lowest BCUT2D eigenvalue weighted by Gasteiger charge is -2.39. The first-order valence-electron chi connectivity index (χ1n) is 11.2. The van der Waals surface area contributed by atoms with Gasteiger partial charge in [0.15, 0.2) is 5.13 Å². The van der Waals surface area contributed by atoms with E-state index in [0.717, 1.165) is 5.56 Å². The zero-order chi connectivity index (χ0) is 25.1. The van der Waals surface area contributed by atoms with Crippen molar-refractivity contribution in [3.8, 4) is 28.4 Å². The molecule has 2 N–H and O–H groups in total. The number of pyridine rings is 2. The Balaban J connectivity index is 1.19. The number of carbonyl (C=O) groups excluding carboxylic acids is 2. The maximum Gasteiger partial charge on any atom is 0.253 e. The Labute approximate surface area is 211 Å². The molecule has 4 aromatic heterocycles. The summed E-state index contributed by atoms with van der Waals surface area (Å²) in [4.78, 5) is 38.2. The standard InChI is InChI=1S/C25H24N6O4S/c1-25(14-35-15-25)31-9-7-16(12-31)23(33)27-11-22(32)30-24-29-20(13-36-24)19-5-3-4-18(28-19)17-10-26-8-6-21(17)34-2/h3-10,12-13H,11,14-15H2,1-2H3,(H,27,33)(H,29,30,32). The smallest absolute Gasteiger partial charge is 0.253 e. The fourth-order valence-electron chi connectivity index (χ4n) is 3.77. The molecule has 0 atom stereocenters. The average Bonchev–Trinajstić information content (AvgIpc) is 3.56. The van der Waals surface area contributed by atoms with E-state index >= 15 is 0 Å². The van der Waals surface area contributed by atoms with Crippen molar-refractivity contribution >= 4 is 28.3 Å². The van der Waals surface area contributed by atoms with Gasteiger partial charge in [0.25, 0.3) is 5.91 Å². The summed E-state index contributed by atoms with van der Waals surface area (Å²) in [5, 5.41) is 7.60. The van der Waals surface area contributed by atoms with Crippen molar-refractivity contribution in [1.29, 1.82) is 0 Å². The molecule has 1 saturated heterocycles. The van der Waals surface area contributed by atoms with Crippen molar-refractivity contribution in [3.05, 3.63) is 66.1 Å². The van der Waals surface area contributed by atoms with Crippen LogP contribution in [0.4, 0.5) is 5.13 Å². The van der Waals surface area contributed by atoms with Crippen molar-refractivity contribution in [2.75, 3.05) is 32.2 Å². The van der Waals surface area contributed by atoms with E-state index in [2.05, 4.69) is 32.5 Å². The molecule has 0 radical (unpaired) electrons. The fraction of sp³-hybridized carbons (Fsp3) is 0.240. The predicted octanol–water partition coefficient (Wildman–Crippen LogP) is 3.19. The second-order valence-corrected chi connectivity index (χ2v) is 9.41. The van der Waals surface area contributed by atoms with Gasteiger partial charge in [-0.15, -0.1) is 11.3 Å². The summed E-state index contributed by atoms with van der Waals surface area (Å²) in [7, 11) is 1.60. The molecule has 1 aliphatic heterocycles. The lowest BCUT2D eigenvalue weighted by molar-refractivity contribution is -0.115. The summed E-state index contributed by atoms with van der Waals surface area (Å²) in [5.41, 5.74) is 3.11. The number of thiazole rings is 1. The van der Waals surface area contributed by atoms with Crippen LogP contribution in [0.3, 0.4) is 0 Å². The van der Waals surface area contributed by atoms with Crippen molar-refractivity contribution in [2.24, 2.45) is 0 Å². The predicted molar refractivity (Wildman–Crippen MR) is 135 cm³/mol. The second kappa shape index (κ2) is 9.88. The van der Waals surface area contributed by atoms with Gasteiger partial charge in [0.05, 0.1) is 54.9 Å². The van der Waals surface area contributed by atoms with Crippen molar-refractivity contribution in [1.82, 2.24) is 24.8 Å². The number of anilines is 1. The third-order valence-electron chi connectivity index (χ3n) is 5.85. The van der Waals surface area contributed by atoms with E-state index in [-0.39, 0.29) is 23.9 Å². The van der Waals surface area contributed by atoms with Crippen LogP contribution in [0.5, 0.6) is 5.75 Å². The van der Waals surface area contributed by atoms with E-state index in [4.69, 9.17) is 9.47 Å². The molecule has 10 nitrogen and oxygen atoms in total. The van der Waals surface area contributed by atoms with Gasteiger partial charge in [0.1, 0.15) is 11.4 Å². The molecule has 184 valence electrons. The monoisotopic (exact) mass is 504 g/mol. The van der Waals surface area contributed by atoms with Gasteiger partial charge in [-0.2, -0.15) is 0 Å². The molecular weight excluding hydrogens is 480 g/mol. The number of amides is 2. The first-order chi connectivity index (χ1) is 17.4. The van der Waals surface area contributed by atoms with Crippen molar-refractivity contribution in [2.45, 2.75) is 12.5 Å². The van der Waals surface area contributed by atoms with Gasteiger partial charge in [-0.05, 0) is 31.2 Å². The largest absolute Gasteiger partial charge is 0.496 e. The summed E-state index contributed by atoms with van der Waals surface area (Å²) in [6.45, 7) is 3.11. The van der Waals surface area contributed by atoms with E-state index in [1.807, 2.05) is 34.3 Å². The van der Waals surface area contributed by atoms with Crippen LogP contribution in [0.25, 0.3) is 22.6 Å². The van der Waals surface area contributed by atoms with Gasteiger partial charge in [-0.3, -0.25) is 14.6 Å². The highest BCUT2D eigenvalue weighted by atomic mass is 32.1. The van der Waals surface area contributed by atoms with Gasteiger partial charge in [0, 0.05) is 30.2 Å². The average molecular weight is 505 g/mol. The van der Waals surface area contributed by atoms with E-state index in [1.54, 1.807) is 37.8 Å². The molecule has 4 aromatic rings. The summed E-state index contributed by atoms with van der Waals surface area (Å²) < 4.78 is 12.6. The lowest BCUT2D eigenvalue weighted by atomic mass is 10.0. The quantitative estimate of drug-likeness (QED) is 0.378. The molecule has 0 spiro atoms. The number of nitrogens with zero attached hydrogens (tertiary/aromatic N) is 4. The van der Waals surface area contributed by atoms with Crippen LogP contribution < -0.4 is 15.4 Å². The number of hydrogen-bond donors (Lipinski definition) is 2. The van der Waals surface area contributed by atoms with Crippen molar-refractivity contribution in [3.63, 3.8) is 0 Å². The minimum atomic E-state index is -0.371. The molecule has 5 heterocycles. The van der Waals surface area contributed by atoms with E-state index in [1.165, 1.54) is 11.3 Å². The van der Waals surface area contributed by atoms with Gasteiger partial charge in [-0.25, -0.2) is 9.97 Å². The lowest BCUT2D eigenvalue weighted by Crippen LogP contribution is -2.48. The Morgan fingerprint density at radius 1 is 1.17 bits per heavy atom. The molecular formula is C25H24N6O4S. The minimum absolute atomic E-state index is 0.128. The fourth-order valence-corrected chi connectivity index (χ4v) is 4.49. The Kier molecular flexibility index (Phi) is 6.49. The maximum atomic E-state index is 12.5. The molecule has 5 rings (SSSR count). The number of aromatic nitrogens is 4. The van der Waals surface area contributed by atoms with E-state index < -0.39 is 0 Å². The zero-order valence-electron chi connectivity index (χ0n) is 19.7. The van der Waals surface area contributed by atoms with Gasteiger partial charge >= 0.3 is 0 Å². The molecule has 36 heavy (non-hydrogen) atoms. The molecule has 0 aromatic carbocycles. The number of rotatable bonds is 8. The highest BCUT2D eigenvalue weighted by molar-refractivity contribution is 7.14. The summed E-state index contributed by atoms with van der Waals surface area (Å²) in [6, 6.07) is 9.10. The maximum absolute atomic E-state index is 12.5. The summed E-state index contributed by atoms with van der Waals surface area (Å²) in [6.07, 6.45) is 6.97. The van der Waals surface area contributed by atoms with Gasteiger partial charge in [0.2, 0.25) is 5.91 Å². The van der Waals surface area contributed by atoms with Crippen LogP contribution in [0.1, 0.15) is 17.3 Å². The SMILES string of the molecule is COc1ccncc1-c1cccc(-c2csc(NC(=O)CNC(=O)c3ccn(C4(C)COC4)c3)n2)n1. The topological polar surface area (TPSA) is 120 Å². The van der Waals surface area contributed by atoms with Gasteiger partial charge < -0.3 is 24.7 Å². The number of nitrogens with one attached hydrogen (secondary N) is 2. The van der Waals surface area contributed by atoms with E-state index in [9.17, 15) is 9.59 Å². The molecule has 0 bridgehead atoms. The number of hydrogen-bond acceptors (Lipinski definition) is 8. The molecule has 1 aliphatic rings. The number of methoxy groups -OCH3 is 1. The Hall–Kier alpha value is -4.09. The molecule has 0 saturated carbocycles. The van der Waals surface area contributed by atoms with Gasteiger partial charge in [-0.1, -0.05) is 6.07 Å². The van der Waals surface area contributed by atoms with Crippen LogP contribution in [0.2, 0.25) is 0 Å². The third-order valence-corrected chi connectivity index (χ3v) is 6.61. The highest BCUT2D eigenvalue weighted by Gasteiger charge is 2.35. The molecule has 0 aliphatic carbocycles. The molecule has 2 amide bonds. The van der Waals surface area contributed by atoms with Crippen LogP contribution in [-0.4, -0.2) is 58.2 Å².